The van der Waals surface area contributed by atoms with Crippen LogP contribution in [0.3, 0.4) is 0 Å². The molecule has 1 unspecified atom stereocenters. The SMILES string of the molecule is CCC(C(=O)NC(C)(C)C)N(Cc1ccc(Cl)cc1)C(=O)Cc1ccc(C)cc1. The molecule has 0 fully saturated rings. The minimum Gasteiger partial charge on any atom is -0.350 e. The highest BCUT2D eigenvalue weighted by molar-refractivity contribution is 6.30. The largest absolute Gasteiger partial charge is 0.350 e. The lowest BCUT2D eigenvalue weighted by molar-refractivity contribution is -0.141. The second-order valence-electron chi connectivity index (χ2n) is 8.47. The molecule has 2 aromatic carbocycles. The van der Waals surface area contributed by atoms with Crippen molar-refractivity contribution < 1.29 is 9.59 Å². The molecule has 0 aliphatic rings. The zero-order valence-electron chi connectivity index (χ0n) is 18.0. The van der Waals surface area contributed by atoms with Gasteiger partial charge in [-0.3, -0.25) is 9.59 Å². The highest BCUT2D eigenvalue weighted by atomic mass is 35.5. The lowest BCUT2D eigenvalue weighted by atomic mass is 10.0. The molecule has 0 saturated carbocycles. The zero-order valence-corrected chi connectivity index (χ0v) is 18.7. The van der Waals surface area contributed by atoms with Crippen molar-refractivity contribution in [3.63, 3.8) is 0 Å². The van der Waals surface area contributed by atoms with Gasteiger partial charge in [0.25, 0.3) is 0 Å². The highest BCUT2D eigenvalue weighted by Crippen LogP contribution is 2.17. The maximum Gasteiger partial charge on any atom is 0.243 e. The van der Waals surface area contributed by atoms with Gasteiger partial charge in [0.15, 0.2) is 0 Å². The van der Waals surface area contributed by atoms with E-state index in [0.29, 0.717) is 18.0 Å². The number of nitrogens with zero attached hydrogens (tertiary/aromatic N) is 1. The Balaban J connectivity index is 2.29. The van der Waals surface area contributed by atoms with Gasteiger partial charge in [-0.2, -0.15) is 0 Å². The Kier molecular flexibility index (Phi) is 7.86. The van der Waals surface area contributed by atoms with Crippen molar-refractivity contribution in [3.8, 4) is 0 Å². The Morgan fingerprint density at radius 2 is 1.55 bits per heavy atom. The van der Waals surface area contributed by atoms with Crippen LogP contribution in [0.5, 0.6) is 0 Å². The predicted molar refractivity (Wildman–Crippen MR) is 119 cm³/mol. The number of hydrogen-bond donors (Lipinski definition) is 1. The fourth-order valence-electron chi connectivity index (χ4n) is 3.14. The van der Waals surface area contributed by atoms with Gasteiger partial charge in [-0.15, -0.1) is 0 Å². The molecule has 4 nitrogen and oxygen atoms in total. The number of amides is 2. The summed E-state index contributed by atoms with van der Waals surface area (Å²) >= 11 is 6.00. The van der Waals surface area contributed by atoms with Crippen LogP contribution in [0.1, 0.15) is 50.8 Å². The molecule has 2 rings (SSSR count). The van der Waals surface area contributed by atoms with E-state index in [2.05, 4.69) is 5.32 Å². The summed E-state index contributed by atoms with van der Waals surface area (Å²) in [5.41, 5.74) is 2.66. The van der Waals surface area contributed by atoms with Crippen LogP contribution in [0.15, 0.2) is 48.5 Å². The first-order valence-electron chi connectivity index (χ1n) is 10.0. The third-order valence-corrected chi connectivity index (χ3v) is 4.88. The smallest absolute Gasteiger partial charge is 0.243 e. The van der Waals surface area contributed by atoms with Gasteiger partial charge in [0.2, 0.25) is 11.8 Å². The number of halogens is 1. The molecule has 2 amide bonds. The molecular formula is C24H31ClN2O2. The predicted octanol–water partition coefficient (Wildman–Crippen LogP) is 4.91. The summed E-state index contributed by atoms with van der Waals surface area (Å²) in [6.07, 6.45) is 0.794. The van der Waals surface area contributed by atoms with Gasteiger partial charge in [-0.1, -0.05) is 60.5 Å². The highest BCUT2D eigenvalue weighted by Gasteiger charge is 2.30. The van der Waals surface area contributed by atoms with Crippen molar-refractivity contribution in [2.75, 3.05) is 0 Å². The molecule has 0 aliphatic carbocycles. The minimum absolute atomic E-state index is 0.0697. The van der Waals surface area contributed by atoms with Gasteiger partial charge in [0.05, 0.1) is 6.42 Å². The third-order valence-electron chi connectivity index (χ3n) is 4.63. The first kappa shape index (κ1) is 23.0. The van der Waals surface area contributed by atoms with Crippen LogP contribution in [-0.2, 0) is 22.6 Å². The Hall–Kier alpha value is -2.33. The van der Waals surface area contributed by atoms with Crippen LogP contribution in [0.2, 0.25) is 5.02 Å². The average molecular weight is 415 g/mol. The maximum atomic E-state index is 13.3. The Bertz CT molecular complexity index is 823. The number of carbonyl (C=O) groups is 2. The molecule has 0 aliphatic heterocycles. The van der Waals surface area contributed by atoms with Gasteiger partial charge >= 0.3 is 0 Å². The molecule has 0 saturated heterocycles. The number of nitrogens with one attached hydrogen (secondary N) is 1. The normalized spacial score (nSPS) is 12.3. The third kappa shape index (κ3) is 7.21. The van der Waals surface area contributed by atoms with Gasteiger partial charge in [-0.05, 0) is 57.4 Å². The summed E-state index contributed by atoms with van der Waals surface area (Å²) in [6.45, 7) is 10.1. The molecule has 0 aromatic heterocycles. The van der Waals surface area contributed by atoms with Crippen molar-refractivity contribution in [3.05, 3.63) is 70.2 Å². The topological polar surface area (TPSA) is 49.4 Å². The molecule has 1 N–H and O–H groups in total. The molecular weight excluding hydrogens is 384 g/mol. The Morgan fingerprint density at radius 3 is 2.07 bits per heavy atom. The lowest BCUT2D eigenvalue weighted by Gasteiger charge is -2.33. The lowest BCUT2D eigenvalue weighted by Crippen LogP contribution is -2.53. The standard InChI is InChI=1S/C24H31ClN2O2/c1-6-21(23(29)26-24(3,4)5)27(16-19-11-13-20(25)14-12-19)22(28)15-18-9-7-17(2)8-10-18/h7-14,21H,6,15-16H2,1-5H3,(H,26,29). The number of hydrogen-bond acceptors (Lipinski definition) is 2. The first-order valence-corrected chi connectivity index (χ1v) is 10.4. The first-order chi connectivity index (χ1) is 13.6. The van der Waals surface area contributed by atoms with Gasteiger partial charge in [0, 0.05) is 17.1 Å². The molecule has 5 heteroatoms. The summed E-state index contributed by atoms with van der Waals surface area (Å²) < 4.78 is 0. The van der Waals surface area contributed by atoms with E-state index in [4.69, 9.17) is 11.6 Å². The van der Waals surface area contributed by atoms with E-state index in [1.165, 1.54) is 0 Å². The number of aryl methyl sites for hydroxylation is 1. The molecule has 2 aromatic rings. The maximum absolute atomic E-state index is 13.3. The van der Waals surface area contributed by atoms with E-state index < -0.39 is 6.04 Å². The van der Waals surface area contributed by atoms with Gasteiger partial charge < -0.3 is 10.2 Å². The second kappa shape index (κ2) is 9.93. The van der Waals surface area contributed by atoms with E-state index in [0.717, 1.165) is 16.7 Å². The fraction of sp³-hybridized carbons (Fsp3) is 0.417. The zero-order chi connectivity index (χ0) is 21.6. The fourth-order valence-corrected chi connectivity index (χ4v) is 3.27. The van der Waals surface area contributed by atoms with Crippen LogP contribution < -0.4 is 5.32 Å². The molecule has 0 spiro atoms. The summed E-state index contributed by atoms with van der Waals surface area (Å²) in [5, 5.41) is 3.66. The summed E-state index contributed by atoms with van der Waals surface area (Å²) in [4.78, 5) is 27.9. The van der Waals surface area contributed by atoms with Crippen LogP contribution in [0.4, 0.5) is 0 Å². The molecule has 0 heterocycles. The van der Waals surface area contributed by atoms with E-state index in [1.807, 2.05) is 71.0 Å². The molecule has 1 atom stereocenters. The minimum atomic E-state index is -0.539. The van der Waals surface area contributed by atoms with E-state index in [-0.39, 0.29) is 23.8 Å². The Morgan fingerprint density at radius 1 is 1.00 bits per heavy atom. The van der Waals surface area contributed by atoms with Crippen LogP contribution in [0, 0.1) is 6.92 Å². The van der Waals surface area contributed by atoms with Gasteiger partial charge in [-0.25, -0.2) is 0 Å². The summed E-state index contributed by atoms with van der Waals surface area (Å²) in [6, 6.07) is 14.8. The second-order valence-corrected chi connectivity index (χ2v) is 8.91. The van der Waals surface area contributed by atoms with Crippen molar-refractivity contribution in [1.82, 2.24) is 10.2 Å². The van der Waals surface area contributed by atoms with Crippen molar-refractivity contribution >= 4 is 23.4 Å². The molecule has 0 bridgehead atoms. The van der Waals surface area contributed by atoms with Crippen LogP contribution >= 0.6 is 11.6 Å². The Labute approximate surface area is 179 Å². The van der Waals surface area contributed by atoms with Crippen LogP contribution in [0.25, 0.3) is 0 Å². The van der Waals surface area contributed by atoms with Crippen molar-refractivity contribution in [2.45, 2.75) is 65.6 Å². The van der Waals surface area contributed by atoms with Crippen LogP contribution in [-0.4, -0.2) is 28.3 Å². The van der Waals surface area contributed by atoms with Crippen molar-refractivity contribution in [2.24, 2.45) is 0 Å². The number of rotatable bonds is 7. The molecule has 29 heavy (non-hydrogen) atoms. The van der Waals surface area contributed by atoms with Gasteiger partial charge in [0.1, 0.15) is 6.04 Å². The van der Waals surface area contributed by atoms with E-state index in [1.54, 1.807) is 17.0 Å². The molecule has 156 valence electrons. The quantitative estimate of drug-likeness (QED) is 0.699. The summed E-state index contributed by atoms with van der Waals surface area (Å²) in [7, 11) is 0. The van der Waals surface area contributed by atoms with E-state index in [9.17, 15) is 9.59 Å². The van der Waals surface area contributed by atoms with Crippen molar-refractivity contribution in [1.29, 1.82) is 0 Å². The van der Waals surface area contributed by atoms with E-state index >= 15 is 0 Å². The number of benzene rings is 2. The summed E-state index contributed by atoms with van der Waals surface area (Å²) in [5.74, 6) is -0.203. The molecule has 0 radical (unpaired) electrons. The average Bonchev–Trinajstić information content (AvgIpc) is 2.63. The number of carbonyl (C=O) groups excluding carboxylic acids is 2. The monoisotopic (exact) mass is 414 g/mol.